The number of carbonyl (C=O) groups is 4. The minimum absolute atomic E-state index is 0.113. The lowest BCUT2D eigenvalue weighted by Gasteiger charge is -2.15. The normalized spacial score (nSPS) is 14.2. The summed E-state index contributed by atoms with van der Waals surface area (Å²) < 4.78 is 0. The van der Waals surface area contributed by atoms with Gasteiger partial charge in [0.25, 0.3) is 5.69 Å². The van der Waals surface area contributed by atoms with Crippen molar-refractivity contribution in [2.45, 2.75) is 26.7 Å². The molecule has 1 saturated heterocycles. The van der Waals surface area contributed by atoms with Gasteiger partial charge >= 0.3 is 17.8 Å². The molecule has 0 unspecified atom stereocenters. The van der Waals surface area contributed by atoms with Crippen molar-refractivity contribution in [3.63, 3.8) is 0 Å². The summed E-state index contributed by atoms with van der Waals surface area (Å²) in [6.07, 6.45) is 1.29. The number of amides is 5. The SMILES string of the molecule is CCCCN1C(=O)C(=O)N(CC(=O)Nc2ccc(C)c([N+](=O)[O-])c2)C1=O. The van der Waals surface area contributed by atoms with Gasteiger partial charge < -0.3 is 5.32 Å². The van der Waals surface area contributed by atoms with E-state index in [-0.39, 0.29) is 17.9 Å². The Labute approximate surface area is 148 Å². The minimum Gasteiger partial charge on any atom is -0.324 e. The van der Waals surface area contributed by atoms with Crippen LogP contribution < -0.4 is 5.32 Å². The summed E-state index contributed by atoms with van der Waals surface area (Å²) in [6, 6.07) is 3.28. The van der Waals surface area contributed by atoms with E-state index in [1.807, 2.05) is 6.92 Å². The smallest absolute Gasteiger partial charge is 0.324 e. The number of imide groups is 2. The zero-order chi connectivity index (χ0) is 19.4. The van der Waals surface area contributed by atoms with Crippen LogP contribution in [0, 0.1) is 17.0 Å². The van der Waals surface area contributed by atoms with E-state index in [2.05, 4.69) is 5.32 Å². The number of hydrogen-bond acceptors (Lipinski definition) is 6. The average molecular weight is 362 g/mol. The number of benzene rings is 1. The second kappa shape index (κ2) is 7.72. The highest BCUT2D eigenvalue weighted by molar-refractivity contribution is 6.45. The molecular weight excluding hydrogens is 344 g/mol. The van der Waals surface area contributed by atoms with Gasteiger partial charge in [-0.2, -0.15) is 0 Å². The van der Waals surface area contributed by atoms with Crippen LogP contribution >= 0.6 is 0 Å². The summed E-state index contributed by atoms with van der Waals surface area (Å²) in [5, 5.41) is 13.3. The van der Waals surface area contributed by atoms with Crippen LogP contribution in [0.1, 0.15) is 25.3 Å². The lowest BCUT2D eigenvalue weighted by atomic mass is 10.2. The highest BCUT2D eigenvalue weighted by Gasteiger charge is 2.44. The molecule has 0 aliphatic carbocycles. The number of nitro groups is 1. The molecule has 1 heterocycles. The van der Waals surface area contributed by atoms with Crippen molar-refractivity contribution in [1.82, 2.24) is 9.80 Å². The zero-order valence-corrected chi connectivity index (χ0v) is 14.4. The van der Waals surface area contributed by atoms with Crippen molar-refractivity contribution in [2.75, 3.05) is 18.4 Å². The van der Waals surface area contributed by atoms with Crippen LogP contribution in [0.4, 0.5) is 16.2 Å². The summed E-state index contributed by atoms with van der Waals surface area (Å²) in [5.41, 5.74) is 0.410. The van der Waals surface area contributed by atoms with Crippen LogP contribution in [0.25, 0.3) is 0 Å². The highest BCUT2D eigenvalue weighted by Crippen LogP contribution is 2.22. The molecule has 0 spiro atoms. The third kappa shape index (κ3) is 3.85. The van der Waals surface area contributed by atoms with E-state index in [0.29, 0.717) is 16.9 Å². The lowest BCUT2D eigenvalue weighted by Crippen LogP contribution is -2.39. The Kier molecular flexibility index (Phi) is 5.65. The summed E-state index contributed by atoms with van der Waals surface area (Å²) in [4.78, 5) is 59.7. The number of rotatable bonds is 7. The first kappa shape index (κ1) is 19.0. The van der Waals surface area contributed by atoms with Crippen molar-refractivity contribution in [1.29, 1.82) is 0 Å². The number of nitrogens with one attached hydrogen (secondary N) is 1. The minimum atomic E-state index is -1.06. The molecule has 1 N–H and O–H groups in total. The van der Waals surface area contributed by atoms with Crippen molar-refractivity contribution in [3.8, 4) is 0 Å². The first-order valence-corrected chi connectivity index (χ1v) is 7.98. The lowest BCUT2D eigenvalue weighted by molar-refractivity contribution is -0.385. The first-order valence-electron chi connectivity index (χ1n) is 7.98. The van der Waals surface area contributed by atoms with Crippen LogP contribution in [0.15, 0.2) is 18.2 Å². The molecule has 5 amide bonds. The van der Waals surface area contributed by atoms with E-state index in [9.17, 15) is 29.3 Å². The molecule has 26 heavy (non-hydrogen) atoms. The van der Waals surface area contributed by atoms with Gasteiger partial charge in [-0.15, -0.1) is 0 Å². The fourth-order valence-corrected chi connectivity index (χ4v) is 2.43. The van der Waals surface area contributed by atoms with Gasteiger partial charge in [0.1, 0.15) is 6.54 Å². The standard InChI is InChI=1S/C16H18N4O6/c1-3-4-7-18-14(22)15(23)19(16(18)24)9-13(21)17-11-6-5-10(2)12(8-11)20(25)26/h5-6,8H,3-4,7,9H2,1-2H3,(H,17,21). The molecule has 2 rings (SSSR count). The number of nitro benzene ring substituents is 1. The van der Waals surface area contributed by atoms with Crippen molar-refractivity contribution in [3.05, 3.63) is 33.9 Å². The molecule has 1 aliphatic rings. The van der Waals surface area contributed by atoms with Crippen molar-refractivity contribution < 1.29 is 24.1 Å². The van der Waals surface area contributed by atoms with Gasteiger partial charge in [-0.05, 0) is 19.4 Å². The third-order valence-electron chi connectivity index (χ3n) is 3.86. The maximum absolute atomic E-state index is 12.1. The maximum atomic E-state index is 12.1. The van der Waals surface area contributed by atoms with E-state index in [1.165, 1.54) is 18.2 Å². The van der Waals surface area contributed by atoms with Gasteiger partial charge in [-0.1, -0.05) is 19.4 Å². The van der Waals surface area contributed by atoms with Crippen LogP contribution in [-0.2, 0) is 14.4 Å². The van der Waals surface area contributed by atoms with Gasteiger partial charge in [0.05, 0.1) is 4.92 Å². The van der Waals surface area contributed by atoms with E-state index < -0.39 is 35.2 Å². The topological polar surface area (TPSA) is 130 Å². The largest absolute Gasteiger partial charge is 0.334 e. The second-order valence-electron chi connectivity index (χ2n) is 5.79. The van der Waals surface area contributed by atoms with Crippen molar-refractivity contribution >= 4 is 35.1 Å². The summed E-state index contributed by atoms with van der Waals surface area (Å²) in [6.45, 7) is 2.90. The fraction of sp³-hybridized carbons (Fsp3) is 0.375. The Bertz CT molecular complexity index is 791. The van der Waals surface area contributed by atoms with E-state index >= 15 is 0 Å². The third-order valence-corrected chi connectivity index (χ3v) is 3.86. The quantitative estimate of drug-likeness (QED) is 0.338. The molecule has 1 aliphatic heterocycles. The predicted molar refractivity (Wildman–Crippen MR) is 90.2 cm³/mol. The monoisotopic (exact) mass is 362 g/mol. The first-order chi connectivity index (χ1) is 12.3. The van der Waals surface area contributed by atoms with Gasteiger partial charge in [0.15, 0.2) is 0 Å². The maximum Gasteiger partial charge on any atom is 0.334 e. The molecule has 0 radical (unpaired) electrons. The van der Waals surface area contributed by atoms with Crippen LogP contribution in [0.3, 0.4) is 0 Å². The Hall–Kier alpha value is -3.30. The molecule has 1 aromatic rings. The Morgan fingerprint density at radius 2 is 1.85 bits per heavy atom. The van der Waals surface area contributed by atoms with Crippen LogP contribution in [0.2, 0.25) is 0 Å². The van der Waals surface area contributed by atoms with E-state index in [1.54, 1.807) is 6.92 Å². The molecule has 1 aromatic carbocycles. The predicted octanol–water partition coefficient (Wildman–Crippen LogP) is 1.43. The summed E-state index contributed by atoms with van der Waals surface area (Å²) in [5.74, 6) is -2.76. The van der Waals surface area contributed by atoms with Gasteiger partial charge in [-0.3, -0.25) is 29.4 Å². The van der Waals surface area contributed by atoms with Crippen LogP contribution in [-0.4, -0.2) is 51.6 Å². The highest BCUT2D eigenvalue weighted by atomic mass is 16.6. The number of urea groups is 1. The molecule has 0 atom stereocenters. The summed E-state index contributed by atoms with van der Waals surface area (Å²) in [7, 11) is 0. The molecular formula is C16H18N4O6. The molecule has 138 valence electrons. The number of anilines is 1. The molecule has 0 aromatic heterocycles. The number of nitrogens with zero attached hydrogens (tertiary/aromatic N) is 3. The van der Waals surface area contributed by atoms with E-state index in [0.717, 1.165) is 11.3 Å². The number of unbranched alkanes of at least 4 members (excludes halogenated alkanes) is 1. The molecule has 1 fully saturated rings. The second-order valence-corrected chi connectivity index (χ2v) is 5.79. The number of carbonyl (C=O) groups excluding carboxylic acids is 4. The number of aryl methyl sites for hydroxylation is 1. The number of hydrogen-bond donors (Lipinski definition) is 1. The van der Waals surface area contributed by atoms with Crippen LogP contribution in [0.5, 0.6) is 0 Å². The van der Waals surface area contributed by atoms with E-state index in [4.69, 9.17) is 0 Å². The Morgan fingerprint density at radius 3 is 2.46 bits per heavy atom. The molecule has 0 bridgehead atoms. The molecule has 10 heteroatoms. The zero-order valence-electron chi connectivity index (χ0n) is 14.4. The van der Waals surface area contributed by atoms with Gasteiger partial charge in [0, 0.05) is 23.9 Å². The summed E-state index contributed by atoms with van der Waals surface area (Å²) >= 11 is 0. The molecule has 0 saturated carbocycles. The van der Waals surface area contributed by atoms with Crippen molar-refractivity contribution in [2.24, 2.45) is 0 Å². The van der Waals surface area contributed by atoms with Gasteiger partial charge in [-0.25, -0.2) is 9.69 Å². The molecule has 10 nitrogen and oxygen atoms in total. The average Bonchev–Trinajstić information content (AvgIpc) is 2.78. The Morgan fingerprint density at radius 1 is 1.19 bits per heavy atom. The Balaban J connectivity index is 2.07. The van der Waals surface area contributed by atoms with Gasteiger partial charge in [0.2, 0.25) is 5.91 Å². The fourth-order valence-electron chi connectivity index (χ4n) is 2.43.